The molecule has 1 amide bonds. The van der Waals surface area contributed by atoms with Crippen LogP contribution in [-0.2, 0) is 11.3 Å². The van der Waals surface area contributed by atoms with Gasteiger partial charge in [-0.3, -0.25) is 4.79 Å². The monoisotopic (exact) mass is 219 g/mol. The molecule has 0 unspecified atom stereocenters. The van der Waals surface area contributed by atoms with Crippen molar-refractivity contribution < 1.29 is 4.79 Å². The molecule has 2 nitrogen and oxygen atoms in total. The largest absolute Gasteiger partial charge is 0.352 e. The third-order valence-electron chi connectivity index (χ3n) is 2.58. The average Bonchev–Trinajstić information content (AvgIpc) is 2.26. The molecule has 1 aromatic carbocycles. The normalized spacial score (nSPS) is 12.5. The van der Waals surface area contributed by atoms with E-state index in [2.05, 4.69) is 19.2 Å². The van der Waals surface area contributed by atoms with Crippen molar-refractivity contribution in [1.29, 1.82) is 0 Å². The first kappa shape index (κ1) is 12.8. The van der Waals surface area contributed by atoms with E-state index in [1.807, 2.05) is 37.3 Å². The van der Waals surface area contributed by atoms with Gasteiger partial charge in [-0.15, -0.1) is 0 Å². The van der Waals surface area contributed by atoms with Gasteiger partial charge in [-0.05, 0) is 17.9 Å². The molecule has 2 heteroatoms. The van der Waals surface area contributed by atoms with Gasteiger partial charge in [-0.2, -0.15) is 0 Å². The molecule has 0 aliphatic carbocycles. The van der Waals surface area contributed by atoms with Crippen molar-refractivity contribution >= 4 is 5.91 Å². The summed E-state index contributed by atoms with van der Waals surface area (Å²) in [5.41, 5.74) is 1.15. The summed E-state index contributed by atoms with van der Waals surface area (Å²) in [5.74, 6) is 0.818. The summed E-state index contributed by atoms with van der Waals surface area (Å²) in [7, 11) is 0. The highest BCUT2D eigenvalue weighted by Gasteiger charge is 2.13. The van der Waals surface area contributed by atoms with E-state index in [0.717, 1.165) is 12.0 Å². The fourth-order valence-electron chi connectivity index (χ4n) is 1.77. The second-order valence-corrected chi connectivity index (χ2v) is 4.73. The van der Waals surface area contributed by atoms with Gasteiger partial charge in [0.15, 0.2) is 0 Å². The maximum atomic E-state index is 11.7. The molecule has 0 heterocycles. The standard InChI is InChI=1S/C14H21NO/c1-11(2)9-12(3)14(16)15-10-13-7-5-4-6-8-13/h4-8,11-12H,9-10H2,1-3H3,(H,15,16)/t12-/m0/s1. The summed E-state index contributed by atoms with van der Waals surface area (Å²) >= 11 is 0. The zero-order valence-corrected chi connectivity index (χ0v) is 10.4. The van der Waals surface area contributed by atoms with Gasteiger partial charge in [-0.25, -0.2) is 0 Å². The summed E-state index contributed by atoms with van der Waals surface area (Å²) in [6, 6.07) is 9.99. The maximum absolute atomic E-state index is 11.7. The molecule has 0 fully saturated rings. The molecule has 0 bridgehead atoms. The molecule has 0 saturated carbocycles. The van der Waals surface area contributed by atoms with E-state index >= 15 is 0 Å². The molecular weight excluding hydrogens is 198 g/mol. The quantitative estimate of drug-likeness (QED) is 0.810. The first-order valence-electron chi connectivity index (χ1n) is 5.91. The average molecular weight is 219 g/mol. The van der Waals surface area contributed by atoms with Gasteiger partial charge >= 0.3 is 0 Å². The molecular formula is C14H21NO. The van der Waals surface area contributed by atoms with Crippen LogP contribution in [0.4, 0.5) is 0 Å². The zero-order chi connectivity index (χ0) is 12.0. The Labute approximate surface area is 98.1 Å². The number of nitrogens with one attached hydrogen (secondary N) is 1. The van der Waals surface area contributed by atoms with E-state index in [4.69, 9.17) is 0 Å². The Hall–Kier alpha value is -1.31. The summed E-state index contributed by atoms with van der Waals surface area (Å²) in [6.45, 7) is 6.89. The highest BCUT2D eigenvalue weighted by Crippen LogP contribution is 2.11. The smallest absolute Gasteiger partial charge is 0.223 e. The molecule has 16 heavy (non-hydrogen) atoms. The van der Waals surface area contributed by atoms with Crippen LogP contribution in [0.15, 0.2) is 30.3 Å². The van der Waals surface area contributed by atoms with Crippen molar-refractivity contribution in [2.75, 3.05) is 0 Å². The Morgan fingerprint density at radius 2 is 1.81 bits per heavy atom. The van der Waals surface area contributed by atoms with Gasteiger partial charge in [0, 0.05) is 12.5 Å². The molecule has 88 valence electrons. The van der Waals surface area contributed by atoms with Gasteiger partial charge in [0.25, 0.3) is 0 Å². The van der Waals surface area contributed by atoms with Crippen molar-refractivity contribution in [2.24, 2.45) is 11.8 Å². The molecule has 1 N–H and O–H groups in total. The molecule has 0 aliphatic rings. The van der Waals surface area contributed by atoms with Crippen molar-refractivity contribution in [3.05, 3.63) is 35.9 Å². The van der Waals surface area contributed by atoms with Crippen LogP contribution in [0.3, 0.4) is 0 Å². The van der Waals surface area contributed by atoms with Gasteiger partial charge in [0.1, 0.15) is 0 Å². The summed E-state index contributed by atoms with van der Waals surface area (Å²) in [5, 5.41) is 2.97. The highest BCUT2D eigenvalue weighted by atomic mass is 16.1. The van der Waals surface area contributed by atoms with E-state index in [0.29, 0.717) is 12.5 Å². The number of rotatable bonds is 5. The lowest BCUT2D eigenvalue weighted by molar-refractivity contribution is -0.125. The van der Waals surface area contributed by atoms with Gasteiger partial charge in [-0.1, -0.05) is 51.1 Å². The van der Waals surface area contributed by atoms with Gasteiger partial charge in [0.2, 0.25) is 5.91 Å². The number of benzene rings is 1. The maximum Gasteiger partial charge on any atom is 0.223 e. The van der Waals surface area contributed by atoms with Crippen LogP contribution in [0.2, 0.25) is 0 Å². The first-order valence-corrected chi connectivity index (χ1v) is 5.91. The zero-order valence-electron chi connectivity index (χ0n) is 10.4. The second-order valence-electron chi connectivity index (χ2n) is 4.73. The second kappa shape index (κ2) is 6.31. The Morgan fingerprint density at radius 3 is 2.38 bits per heavy atom. The van der Waals surface area contributed by atoms with Crippen LogP contribution >= 0.6 is 0 Å². The molecule has 0 aliphatic heterocycles. The van der Waals surface area contributed by atoms with E-state index in [1.165, 1.54) is 0 Å². The number of carbonyl (C=O) groups excluding carboxylic acids is 1. The highest BCUT2D eigenvalue weighted by molar-refractivity contribution is 5.78. The van der Waals surface area contributed by atoms with Gasteiger partial charge in [0.05, 0.1) is 0 Å². The minimum atomic E-state index is 0.101. The van der Waals surface area contributed by atoms with Crippen molar-refractivity contribution in [2.45, 2.75) is 33.7 Å². The predicted octanol–water partition coefficient (Wildman–Crippen LogP) is 2.99. The van der Waals surface area contributed by atoms with Crippen molar-refractivity contribution in [1.82, 2.24) is 5.32 Å². The molecule has 0 radical (unpaired) electrons. The molecule has 1 aromatic rings. The lowest BCUT2D eigenvalue weighted by Crippen LogP contribution is -2.29. The number of amides is 1. The minimum absolute atomic E-state index is 0.101. The Bertz CT molecular complexity index is 319. The summed E-state index contributed by atoms with van der Waals surface area (Å²) in [4.78, 5) is 11.7. The molecule has 1 atom stereocenters. The molecule has 1 rings (SSSR count). The Balaban J connectivity index is 2.35. The van der Waals surface area contributed by atoms with E-state index in [1.54, 1.807) is 0 Å². The minimum Gasteiger partial charge on any atom is -0.352 e. The van der Waals surface area contributed by atoms with Gasteiger partial charge < -0.3 is 5.32 Å². The number of carbonyl (C=O) groups is 1. The van der Waals surface area contributed by atoms with Crippen LogP contribution in [0, 0.1) is 11.8 Å². The third kappa shape index (κ3) is 4.47. The van der Waals surface area contributed by atoms with Crippen LogP contribution in [0.5, 0.6) is 0 Å². The van der Waals surface area contributed by atoms with Crippen molar-refractivity contribution in [3.8, 4) is 0 Å². The lowest BCUT2D eigenvalue weighted by Gasteiger charge is -2.14. The lowest BCUT2D eigenvalue weighted by atomic mass is 9.98. The van der Waals surface area contributed by atoms with Crippen LogP contribution < -0.4 is 5.32 Å². The third-order valence-corrected chi connectivity index (χ3v) is 2.58. The van der Waals surface area contributed by atoms with Crippen molar-refractivity contribution in [3.63, 3.8) is 0 Å². The van der Waals surface area contributed by atoms with E-state index in [9.17, 15) is 4.79 Å². The first-order chi connectivity index (χ1) is 7.59. The van der Waals surface area contributed by atoms with Crippen LogP contribution in [-0.4, -0.2) is 5.91 Å². The summed E-state index contributed by atoms with van der Waals surface area (Å²) in [6.07, 6.45) is 0.945. The topological polar surface area (TPSA) is 29.1 Å². The summed E-state index contributed by atoms with van der Waals surface area (Å²) < 4.78 is 0. The number of hydrogen-bond donors (Lipinski definition) is 1. The van der Waals surface area contributed by atoms with E-state index < -0.39 is 0 Å². The number of hydrogen-bond acceptors (Lipinski definition) is 1. The SMILES string of the molecule is CC(C)C[C@H](C)C(=O)NCc1ccccc1. The molecule has 0 aromatic heterocycles. The van der Waals surface area contributed by atoms with E-state index in [-0.39, 0.29) is 11.8 Å². The van der Waals surface area contributed by atoms with Crippen LogP contribution in [0.1, 0.15) is 32.8 Å². The Morgan fingerprint density at radius 1 is 1.19 bits per heavy atom. The Kier molecular flexibility index (Phi) is 5.03. The van der Waals surface area contributed by atoms with Crippen LogP contribution in [0.25, 0.3) is 0 Å². The fourth-order valence-corrected chi connectivity index (χ4v) is 1.77. The predicted molar refractivity (Wildman–Crippen MR) is 66.9 cm³/mol. The fraction of sp³-hybridized carbons (Fsp3) is 0.500. The molecule has 0 saturated heterocycles. The molecule has 0 spiro atoms.